The van der Waals surface area contributed by atoms with Gasteiger partial charge in [-0.1, -0.05) is 29.8 Å². The van der Waals surface area contributed by atoms with Crippen molar-refractivity contribution in [3.05, 3.63) is 35.4 Å². The van der Waals surface area contributed by atoms with Crippen molar-refractivity contribution in [1.82, 2.24) is 5.32 Å². The van der Waals surface area contributed by atoms with E-state index in [-0.39, 0.29) is 0 Å². The van der Waals surface area contributed by atoms with Gasteiger partial charge in [-0.15, -0.1) is 0 Å². The lowest BCUT2D eigenvalue weighted by Crippen LogP contribution is -2.39. The maximum absolute atomic E-state index is 12.2. The summed E-state index contributed by atoms with van der Waals surface area (Å²) >= 11 is 0. The summed E-state index contributed by atoms with van der Waals surface area (Å²) < 4.78 is 36.5. The van der Waals surface area contributed by atoms with Crippen LogP contribution in [0, 0.1) is 6.92 Å². The minimum atomic E-state index is -5.04. The number of rotatable bonds is 4. The highest BCUT2D eigenvalue weighted by Crippen LogP contribution is 2.21. The molecule has 0 fully saturated rings. The molecule has 7 heteroatoms. The SMILES string of the molecule is Cc1ccc([C@@H](CC(=O)O)NC(=O)C(F)(F)F)cc1. The molecule has 19 heavy (non-hydrogen) atoms. The maximum atomic E-state index is 12.2. The molecular formula is C12H12F3NO3. The first-order valence-electron chi connectivity index (χ1n) is 5.36. The van der Waals surface area contributed by atoms with Gasteiger partial charge in [-0.05, 0) is 12.5 Å². The Labute approximate surface area is 107 Å². The number of nitrogens with one attached hydrogen (secondary N) is 1. The summed E-state index contributed by atoms with van der Waals surface area (Å²) in [6, 6.07) is 5.01. The minimum Gasteiger partial charge on any atom is -0.481 e. The van der Waals surface area contributed by atoms with Gasteiger partial charge in [0.1, 0.15) is 0 Å². The summed E-state index contributed by atoms with van der Waals surface area (Å²) in [6.45, 7) is 1.78. The third kappa shape index (κ3) is 4.61. The van der Waals surface area contributed by atoms with Gasteiger partial charge in [-0.2, -0.15) is 13.2 Å². The Morgan fingerprint density at radius 2 is 1.79 bits per heavy atom. The van der Waals surface area contributed by atoms with E-state index in [1.54, 1.807) is 24.4 Å². The third-order valence-corrected chi connectivity index (χ3v) is 2.42. The number of carbonyl (C=O) groups excluding carboxylic acids is 1. The minimum absolute atomic E-state index is 0.311. The lowest BCUT2D eigenvalue weighted by Gasteiger charge is -2.18. The van der Waals surface area contributed by atoms with E-state index in [2.05, 4.69) is 0 Å². The molecule has 0 heterocycles. The highest BCUT2D eigenvalue weighted by molar-refractivity contribution is 5.82. The van der Waals surface area contributed by atoms with Crippen molar-refractivity contribution < 1.29 is 27.9 Å². The van der Waals surface area contributed by atoms with Crippen LogP contribution in [-0.2, 0) is 9.59 Å². The van der Waals surface area contributed by atoms with Crippen LogP contribution in [0.3, 0.4) is 0 Å². The number of aryl methyl sites for hydroxylation is 1. The molecule has 1 aromatic carbocycles. The van der Waals surface area contributed by atoms with Gasteiger partial charge in [0.25, 0.3) is 0 Å². The second kappa shape index (κ2) is 5.73. The standard InChI is InChI=1S/C12H12F3NO3/c1-7-2-4-8(5-3-7)9(6-10(17)18)16-11(19)12(13,14)15/h2-5,9H,6H2,1H3,(H,16,19)(H,17,18)/t9-/m1/s1. The molecule has 104 valence electrons. The van der Waals surface area contributed by atoms with Gasteiger partial charge in [0.15, 0.2) is 0 Å². The molecule has 1 rings (SSSR count). The zero-order valence-electron chi connectivity index (χ0n) is 9.99. The predicted octanol–water partition coefficient (Wildman–Crippen LogP) is 2.19. The van der Waals surface area contributed by atoms with E-state index in [4.69, 9.17) is 5.11 Å². The fourth-order valence-electron chi connectivity index (χ4n) is 1.47. The highest BCUT2D eigenvalue weighted by atomic mass is 19.4. The van der Waals surface area contributed by atoms with Crippen LogP contribution < -0.4 is 5.32 Å². The number of hydrogen-bond acceptors (Lipinski definition) is 2. The molecule has 0 spiro atoms. The van der Waals surface area contributed by atoms with Crippen molar-refractivity contribution in [3.8, 4) is 0 Å². The van der Waals surface area contributed by atoms with E-state index < -0.39 is 30.5 Å². The topological polar surface area (TPSA) is 66.4 Å². The second-order valence-corrected chi connectivity index (χ2v) is 4.03. The molecule has 0 radical (unpaired) electrons. The van der Waals surface area contributed by atoms with E-state index in [1.807, 2.05) is 0 Å². The van der Waals surface area contributed by atoms with Crippen molar-refractivity contribution in [2.24, 2.45) is 0 Å². The first-order valence-corrected chi connectivity index (χ1v) is 5.36. The predicted molar refractivity (Wildman–Crippen MR) is 60.4 cm³/mol. The first-order chi connectivity index (χ1) is 8.70. The highest BCUT2D eigenvalue weighted by Gasteiger charge is 2.40. The summed E-state index contributed by atoms with van der Waals surface area (Å²) in [5.74, 6) is -3.45. The van der Waals surface area contributed by atoms with Crippen molar-refractivity contribution in [2.45, 2.75) is 25.6 Å². The average molecular weight is 275 g/mol. The summed E-state index contributed by atoms with van der Waals surface area (Å²) in [6.07, 6.45) is -5.66. The van der Waals surface area contributed by atoms with E-state index in [0.717, 1.165) is 5.56 Å². The third-order valence-electron chi connectivity index (χ3n) is 2.42. The van der Waals surface area contributed by atoms with Crippen LogP contribution in [0.1, 0.15) is 23.6 Å². The van der Waals surface area contributed by atoms with Crippen LogP contribution in [0.25, 0.3) is 0 Å². The molecule has 1 atom stereocenters. The Balaban J connectivity index is 2.92. The Morgan fingerprint density at radius 1 is 1.26 bits per heavy atom. The molecule has 1 amide bonds. The second-order valence-electron chi connectivity index (χ2n) is 4.03. The summed E-state index contributed by atoms with van der Waals surface area (Å²) in [5.41, 5.74) is 1.19. The Hall–Kier alpha value is -2.05. The Morgan fingerprint density at radius 3 is 2.21 bits per heavy atom. The number of halogens is 3. The van der Waals surface area contributed by atoms with Crippen LogP contribution in [0.4, 0.5) is 13.2 Å². The van der Waals surface area contributed by atoms with E-state index in [1.165, 1.54) is 12.1 Å². The number of hydrogen-bond donors (Lipinski definition) is 2. The van der Waals surface area contributed by atoms with E-state index in [0.29, 0.717) is 5.56 Å². The fraction of sp³-hybridized carbons (Fsp3) is 0.333. The normalized spacial score (nSPS) is 12.8. The van der Waals surface area contributed by atoms with Crippen LogP contribution in [0.15, 0.2) is 24.3 Å². The largest absolute Gasteiger partial charge is 0.481 e. The van der Waals surface area contributed by atoms with Gasteiger partial charge in [0, 0.05) is 0 Å². The number of benzene rings is 1. The fourth-order valence-corrected chi connectivity index (χ4v) is 1.47. The average Bonchev–Trinajstić information content (AvgIpc) is 2.27. The molecule has 0 unspecified atom stereocenters. The number of amides is 1. The van der Waals surface area contributed by atoms with Crippen molar-refractivity contribution in [3.63, 3.8) is 0 Å². The molecule has 0 aliphatic carbocycles. The van der Waals surface area contributed by atoms with Crippen LogP contribution >= 0.6 is 0 Å². The first kappa shape index (κ1) is 15.0. The molecule has 0 aromatic heterocycles. The molecule has 0 saturated carbocycles. The number of carboxylic acids is 1. The van der Waals surface area contributed by atoms with Gasteiger partial charge in [-0.25, -0.2) is 0 Å². The Bertz CT molecular complexity index is 468. The quantitative estimate of drug-likeness (QED) is 0.885. The van der Waals surface area contributed by atoms with Gasteiger partial charge < -0.3 is 10.4 Å². The van der Waals surface area contributed by atoms with E-state index >= 15 is 0 Å². The number of alkyl halides is 3. The van der Waals surface area contributed by atoms with Crippen LogP contribution in [0.5, 0.6) is 0 Å². The van der Waals surface area contributed by atoms with Crippen molar-refractivity contribution >= 4 is 11.9 Å². The lowest BCUT2D eigenvalue weighted by molar-refractivity contribution is -0.174. The van der Waals surface area contributed by atoms with Crippen molar-refractivity contribution in [1.29, 1.82) is 0 Å². The molecule has 4 nitrogen and oxygen atoms in total. The molecule has 0 aliphatic heterocycles. The monoisotopic (exact) mass is 275 g/mol. The van der Waals surface area contributed by atoms with E-state index in [9.17, 15) is 22.8 Å². The van der Waals surface area contributed by atoms with Crippen LogP contribution in [-0.4, -0.2) is 23.2 Å². The lowest BCUT2D eigenvalue weighted by atomic mass is 10.0. The smallest absolute Gasteiger partial charge is 0.471 e. The molecule has 0 saturated heterocycles. The Kier molecular flexibility index (Phi) is 4.52. The summed E-state index contributed by atoms with van der Waals surface area (Å²) in [7, 11) is 0. The number of carbonyl (C=O) groups is 2. The molecule has 0 aliphatic rings. The molecule has 0 bridgehead atoms. The van der Waals surface area contributed by atoms with Crippen LogP contribution in [0.2, 0.25) is 0 Å². The maximum Gasteiger partial charge on any atom is 0.471 e. The molecular weight excluding hydrogens is 263 g/mol. The van der Waals surface area contributed by atoms with Gasteiger partial charge in [0.05, 0.1) is 12.5 Å². The summed E-state index contributed by atoms with van der Waals surface area (Å²) in [5, 5.41) is 10.4. The van der Waals surface area contributed by atoms with Crippen molar-refractivity contribution in [2.75, 3.05) is 0 Å². The number of aliphatic carboxylic acids is 1. The zero-order valence-corrected chi connectivity index (χ0v) is 9.99. The summed E-state index contributed by atoms with van der Waals surface area (Å²) in [4.78, 5) is 21.5. The molecule has 1 aromatic rings. The number of carboxylic acid groups (broad SMARTS) is 1. The zero-order chi connectivity index (χ0) is 14.6. The molecule has 2 N–H and O–H groups in total. The van der Waals surface area contributed by atoms with Gasteiger partial charge in [-0.3, -0.25) is 9.59 Å². The van der Waals surface area contributed by atoms with Gasteiger partial charge in [0.2, 0.25) is 0 Å². The van der Waals surface area contributed by atoms with Gasteiger partial charge >= 0.3 is 18.1 Å².